The molecule has 0 aliphatic rings. The second kappa shape index (κ2) is 6.97. The molecule has 0 amide bonds. The van der Waals surface area contributed by atoms with Crippen molar-refractivity contribution in [3.05, 3.63) is 0 Å². The molecule has 0 aliphatic carbocycles. The molecule has 1 heteroatoms. The van der Waals surface area contributed by atoms with Gasteiger partial charge in [0, 0.05) is 6.42 Å². The Balaban J connectivity index is 3.36. The van der Waals surface area contributed by atoms with Gasteiger partial charge in [-0.3, -0.25) is 0 Å². The fourth-order valence-corrected chi connectivity index (χ4v) is 1.42. The maximum atomic E-state index is 9.73. The molecule has 0 saturated heterocycles. The molecular weight excluding hydrogens is 160 g/mol. The van der Waals surface area contributed by atoms with Crippen LogP contribution in [0.1, 0.15) is 58.8 Å². The van der Waals surface area contributed by atoms with Gasteiger partial charge < -0.3 is 5.11 Å². The Morgan fingerprint density at radius 2 is 1.85 bits per heavy atom. The molecule has 0 aromatic carbocycles. The van der Waals surface area contributed by atoms with Gasteiger partial charge in [0.05, 0.1) is 5.60 Å². The molecule has 1 nitrogen and oxygen atoms in total. The normalized spacial score (nSPS) is 14.9. The minimum absolute atomic E-state index is 0.473. The largest absolute Gasteiger partial charge is 0.389 e. The van der Waals surface area contributed by atoms with Crippen LogP contribution in [0.4, 0.5) is 0 Å². The summed E-state index contributed by atoms with van der Waals surface area (Å²) < 4.78 is 0. The lowest BCUT2D eigenvalue weighted by atomic mass is 9.95. The zero-order valence-electron chi connectivity index (χ0n) is 8.97. The fourth-order valence-electron chi connectivity index (χ4n) is 1.42. The molecular formula is C12H22O. The molecule has 0 spiro atoms. The Kier molecular flexibility index (Phi) is 6.72. The molecule has 0 rings (SSSR count). The van der Waals surface area contributed by atoms with Crippen LogP contribution in [0.3, 0.4) is 0 Å². The van der Waals surface area contributed by atoms with Crippen molar-refractivity contribution in [1.82, 2.24) is 0 Å². The molecule has 0 aromatic rings. The second-order valence-corrected chi connectivity index (χ2v) is 4.04. The van der Waals surface area contributed by atoms with Gasteiger partial charge in [-0.15, -0.1) is 12.3 Å². The van der Waals surface area contributed by atoms with E-state index >= 15 is 0 Å². The monoisotopic (exact) mass is 182 g/mol. The Bertz CT molecular complexity index is 153. The highest BCUT2D eigenvalue weighted by molar-refractivity contribution is 4.92. The highest BCUT2D eigenvalue weighted by Gasteiger charge is 2.17. The topological polar surface area (TPSA) is 20.2 Å². The van der Waals surface area contributed by atoms with Crippen molar-refractivity contribution in [3.63, 3.8) is 0 Å². The van der Waals surface area contributed by atoms with Crippen LogP contribution in [0.5, 0.6) is 0 Å². The minimum Gasteiger partial charge on any atom is -0.389 e. The van der Waals surface area contributed by atoms with E-state index in [1.54, 1.807) is 0 Å². The first-order valence-corrected chi connectivity index (χ1v) is 5.28. The quantitative estimate of drug-likeness (QED) is 0.474. The zero-order chi connectivity index (χ0) is 10.2. The average molecular weight is 182 g/mol. The molecule has 0 aromatic heterocycles. The van der Waals surface area contributed by atoms with Crippen LogP contribution < -0.4 is 0 Å². The minimum atomic E-state index is -0.638. The Morgan fingerprint density at radius 1 is 1.23 bits per heavy atom. The van der Waals surface area contributed by atoms with Crippen LogP contribution in [-0.4, -0.2) is 10.7 Å². The molecule has 0 aliphatic heterocycles. The molecule has 0 radical (unpaired) electrons. The summed E-state index contributed by atoms with van der Waals surface area (Å²) in [6.45, 7) is 4.03. The summed E-state index contributed by atoms with van der Waals surface area (Å²) in [5.41, 5.74) is -0.638. The van der Waals surface area contributed by atoms with Gasteiger partial charge in [-0.05, 0) is 13.3 Å². The fraction of sp³-hybridized carbons (Fsp3) is 0.833. The molecule has 1 unspecified atom stereocenters. The van der Waals surface area contributed by atoms with Crippen LogP contribution in [-0.2, 0) is 0 Å². The summed E-state index contributed by atoms with van der Waals surface area (Å²) in [5, 5.41) is 9.73. The van der Waals surface area contributed by atoms with E-state index < -0.39 is 5.60 Å². The Hall–Kier alpha value is -0.480. The highest BCUT2D eigenvalue weighted by atomic mass is 16.3. The lowest BCUT2D eigenvalue weighted by Gasteiger charge is -2.19. The third-order valence-electron chi connectivity index (χ3n) is 2.30. The molecule has 13 heavy (non-hydrogen) atoms. The summed E-state index contributed by atoms with van der Waals surface area (Å²) in [7, 11) is 0. The third kappa shape index (κ3) is 7.87. The van der Waals surface area contributed by atoms with E-state index in [2.05, 4.69) is 12.8 Å². The summed E-state index contributed by atoms with van der Waals surface area (Å²) >= 11 is 0. The van der Waals surface area contributed by atoms with E-state index in [1.807, 2.05) is 6.92 Å². The first kappa shape index (κ1) is 12.5. The van der Waals surface area contributed by atoms with Gasteiger partial charge in [-0.2, -0.15) is 0 Å². The van der Waals surface area contributed by atoms with E-state index in [9.17, 15) is 5.11 Å². The molecule has 0 fully saturated rings. The molecule has 0 heterocycles. The van der Waals surface area contributed by atoms with Crippen molar-refractivity contribution in [1.29, 1.82) is 0 Å². The van der Waals surface area contributed by atoms with Crippen molar-refractivity contribution in [2.75, 3.05) is 0 Å². The van der Waals surface area contributed by atoms with Gasteiger partial charge in [-0.1, -0.05) is 39.0 Å². The predicted molar refractivity (Wildman–Crippen MR) is 57.4 cm³/mol. The van der Waals surface area contributed by atoms with E-state index in [0.29, 0.717) is 6.42 Å². The van der Waals surface area contributed by atoms with Gasteiger partial charge in [-0.25, -0.2) is 0 Å². The predicted octanol–water partition coefficient (Wildman–Crippen LogP) is 3.12. The third-order valence-corrected chi connectivity index (χ3v) is 2.30. The average Bonchev–Trinajstić information content (AvgIpc) is 2.04. The van der Waals surface area contributed by atoms with E-state index in [-0.39, 0.29) is 0 Å². The molecule has 0 bridgehead atoms. The number of hydrogen-bond donors (Lipinski definition) is 1. The molecule has 1 N–H and O–H groups in total. The van der Waals surface area contributed by atoms with Gasteiger partial charge in [0.25, 0.3) is 0 Å². The zero-order valence-corrected chi connectivity index (χ0v) is 8.97. The van der Waals surface area contributed by atoms with Crippen LogP contribution in [0.25, 0.3) is 0 Å². The summed E-state index contributed by atoms with van der Waals surface area (Å²) in [6, 6.07) is 0. The Labute approximate surface area is 82.5 Å². The summed E-state index contributed by atoms with van der Waals surface area (Å²) in [5.74, 6) is 2.51. The van der Waals surface area contributed by atoms with E-state index in [4.69, 9.17) is 6.42 Å². The second-order valence-electron chi connectivity index (χ2n) is 4.04. The molecule has 76 valence electrons. The number of hydrogen-bond acceptors (Lipinski definition) is 1. The van der Waals surface area contributed by atoms with Gasteiger partial charge >= 0.3 is 0 Å². The highest BCUT2D eigenvalue weighted by Crippen LogP contribution is 2.18. The van der Waals surface area contributed by atoms with Crippen molar-refractivity contribution in [3.8, 4) is 12.3 Å². The standard InChI is InChI=1S/C12H22O/c1-4-6-7-8-9-11-12(3,13)10-5-2/h2,13H,4,6-11H2,1,3H3. The van der Waals surface area contributed by atoms with Crippen LogP contribution in [0.15, 0.2) is 0 Å². The van der Waals surface area contributed by atoms with E-state index in [1.165, 1.54) is 25.7 Å². The maximum absolute atomic E-state index is 9.73. The van der Waals surface area contributed by atoms with Crippen molar-refractivity contribution in [2.45, 2.75) is 64.4 Å². The van der Waals surface area contributed by atoms with Gasteiger partial charge in [0.15, 0.2) is 0 Å². The lowest BCUT2D eigenvalue weighted by Crippen LogP contribution is -2.22. The maximum Gasteiger partial charge on any atom is 0.0728 e. The van der Waals surface area contributed by atoms with Crippen molar-refractivity contribution in [2.24, 2.45) is 0 Å². The number of unbranched alkanes of at least 4 members (excludes halogenated alkanes) is 4. The van der Waals surface area contributed by atoms with Gasteiger partial charge in [0.2, 0.25) is 0 Å². The lowest BCUT2D eigenvalue weighted by molar-refractivity contribution is 0.0534. The van der Waals surface area contributed by atoms with Gasteiger partial charge in [0.1, 0.15) is 0 Å². The summed E-state index contributed by atoms with van der Waals surface area (Å²) in [6.07, 6.45) is 12.6. The number of rotatable bonds is 7. The molecule has 1 atom stereocenters. The number of terminal acetylenes is 1. The van der Waals surface area contributed by atoms with Crippen molar-refractivity contribution < 1.29 is 5.11 Å². The first-order valence-electron chi connectivity index (χ1n) is 5.28. The molecule has 0 saturated carbocycles. The smallest absolute Gasteiger partial charge is 0.0728 e. The van der Waals surface area contributed by atoms with Crippen molar-refractivity contribution >= 4 is 0 Å². The Morgan fingerprint density at radius 3 is 2.38 bits per heavy atom. The SMILES string of the molecule is C#CCC(C)(O)CCCCCCC. The number of aliphatic hydroxyl groups is 1. The first-order chi connectivity index (χ1) is 6.12. The summed E-state index contributed by atoms with van der Waals surface area (Å²) in [4.78, 5) is 0. The van der Waals surface area contributed by atoms with Crippen LogP contribution in [0.2, 0.25) is 0 Å². The van der Waals surface area contributed by atoms with Crippen LogP contribution in [0, 0.1) is 12.3 Å². The van der Waals surface area contributed by atoms with Crippen LogP contribution >= 0.6 is 0 Å². The van der Waals surface area contributed by atoms with E-state index in [0.717, 1.165) is 12.8 Å².